The minimum atomic E-state index is -4.58. The largest absolute Gasteiger partial charge is 0.433 e. The fraction of sp³-hybridized carbons (Fsp3) is 0.588. The molecule has 4 atom stereocenters. The lowest BCUT2D eigenvalue weighted by molar-refractivity contribution is -0.142. The molecule has 1 saturated carbocycles. The number of fused-ring (bicyclic) bond motifs is 2. The van der Waals surface area contributed by atoms with Crippen LogP contribution in [0.1, 0.15) is 41.6 Å². The number of hydrogen-bond acceptors (Lipinski definition) is 4. The molecule has 0 radical (unpaired) electrons. The first-order valence-electron chi connectivity index (χ1n) is 8.66. The van der Waals surface area contributed by atoms with E-state index in [4.69, 9.17) is 4.74 Å². The number of carbonyl (C=O) groups is 1. The number of halogens is 3. The highest BCUT2D eigenvalue weighted by atomic mass is 19.4. The average Bonchev–Trinajstić information content (AvgIpc) is 3.15. The van der Waals surface area contributed by atoms with Gasteiger partial charge >= 0.3 is 6.18 Å². The molecule has 1 N–H and O–H groups in total. The maximum absolute atomic E-state index is 13.2. The first kappa shape index (κ1) is 17.3. The van der Waals surface area contributed by atoms with Crippen molar-refractivity contribution in [2.45, 2.75) is 45.0 Å². The number of ether oxygens (including phenoxy) is 1. The van der Waals surface area contributed by atoms with Crippen molar-refractivity contribution in [3.8, 4) is 0 Å². The Hall–Kier alpha value is -2.16. The van der Waals surface area contributed by atoms with Crippen LogP contribution in [0.3, 0.4) is 0 Å². The number of hydrogen-bond donors (Lipinski definition) is 1. The van der Waals surface area contributed by atoms with Gasteiger partial charge in [0.1, 0.15) is 5.69 Å². The SMILES string of the molecule is CC[C@H]1[C@H](NC(=O)c2cc3nc(C)cc(C(F)(F)F)n3n2)[C@H]2CCO[C@H]21. The molecular formula is C17H19F3N4O2. The zero-order valence-corrected chi connectivity index (χ0v) is 14.4. The van der Waals surface area contributed by atoms with Gasteiger partial charge in [0, 0.05) is 36.2 Å². The monoisotopic (exact) mass is 368 g/mol. The minimum Gasteiger partial charge on any atom is -0.377 e. The summed E-state index contributed by atoms with van der Waals surface area (Å²) in [6.07, 6.45) is -2.65. The molecule has 0 bridgehead atoms. The van der Waals surface area contributed by atoms with Crippen molar-refractivity contribution in [3.63, 3.8) is 0 Å². The first-order valence-corrected chi connectivity index (χ1v) is 8.66. The van der Waals surface area contributed by atoms with Crippen LogP contribution in [0.5, 0.6) is 0 Å². The molecule has 9 heteroatoms. The number of amides is 1. The van der Waals surface area contributed by atoms with Gasteiger partial charge in [-0.1, -0.05) is 6.92 Å². The van der Waals surface area contributed by atoms with Gasteiger partial charge in [-0.3, -0.25) is 4.79 Å². The van der Waals surface area contributed by atoms with Gasteiger partial charge in [-0.05, 0) is 25.8 Å². The van der Waals surface area contributed by atoms with Crippen LogP contribution in [0.15, 0.2) is 12.1 Å². The predicted octanol–water partition coefficient (Wildman–Crippen LogP) is 2.60. The standard InChI is InChI=1S/C17H19F3N4O2/c1-3-9-14(10-4-5-26-15(9)10)22-16(25)11-7-13-21-8(2)6-12(17(18,19)20)24(13)23-11/h6-7,9-10,14-15H,3-5H2,1-2H3,(H,22,25)/t9-,10+,14-,15-/m0/s1. The highest BCUT2D eigenvalue weighted by molar-refractivity contribution is 5.93. The molecule has 2 aromatic rings. The molecule has 3 heterocycles. The van der Waals surface area contributed by atoms with Crippen molar-refractivity contribution in [2.75, 3.05) is 6.61 Å². The van der Waals surface area contributed by atoms with Gasteiger partial charge in [0.2, 0.25) is 0 Å². The molecule has 1 aliphatic carbocycles. The van der Waals surface area contributed by atoms with E-state index in [-0.39, 0.29) is 41.0 Å². The molecule has 0 spiro atoms. The molecule has 1 aliphatic heterocycles. The van der Waals surface area contributed by atoms with E-state index in [9.17, 15) is 18.0 Å². The van der Waals surface area contributed by atoms with Gasteiger partial charge in [-0.25, -0.2) is 9.50 Å². The topological polar surface area (TPSA) is 68.5 Å². The van der Waals surface area contributed by atoms with Crippen LogP contribution in [-0.2, 0) is 10.9 Å². The molecule has 6 nitrogen and oxygen atoms in total. The summed E-state index contributed by atoms with van der Waals surface area (Å²) in [7, 11) is 0. The molecule has 140 valence electrons. The van der Waals surface area contributed by atoms with E-state index in [0.29, 0.717) is 11.1 Å². The Kier molecular flexibility index (Phi) is 3.94. The van der Waals surface area contributed by atoms with E-state index < -0.39 is 17.8 Å². The maximum atomic E-state index is 13.2. The Labute approximate surface area is 147 Å². The number of alkyl halides is 3. The Morgan fingerprint density at radius 3 is 2.88 bits per heavy atom. The maximum Gasteiger partial charge on any atom is 0.433 e. The number of aryl methyl sites for hydroxylation is 1. The van der Waals surface area contributed by atoms with Crippen LogP contribution in [0.2, 0.25) is 0 Å². The van der Waals surface area contributed by atoms with Crippen molar-refractivity contribution >= 4 is 11.6 Å². The molecule has 0 aromatic carbocycles. The Balaban J connectivity index is 1.62. The van der Waals surface area contributed by atoms with Crippen molar-refractivity contribution in [3.05, 3.63) is 29.2 Å². The molecule has 26 heavy (non-hydrogen) atoms. The predicted molar refractivity (Wildman–Crippen MR) is 85.6 cm³/mol. The van der Waals surface area contributed by atoms with E-state index in [2.05, 4.69) is 15.4 Å². The zero-order chi connectivity index (χ0) is 18.6. The van der Waals surface area contributed by atoms with Crippen LogP contribution in [0.25, 0.3) is 5.65 Å². The van der Waals surface area contributed by atoms with Crippen LogP contribution in [-0.4, -0.2) is 39.3 Å². The third kappa shape index (κ3) is 2.65. The Morgan fingerprint density at radius 1 is 1.42 bits per heavy atom. The summed E-state index contributed by atoms with van der Waals surface area (Å²) in [6.45, 7) is 4.20. The van der Waals surface area contributed by atoms with E-state index in [1.54, 1.807) is 0 Å². The van der Waals surface area contributed by atoms with E-state index in [1.165, 1.54) is 13.0 Å². The van der Waals surface area contributed by atoms with E-state index in [1.807, 2.05) is 6.92 Å². The van der Waals surface area contributed by atoms with Gasteiger partial charge in [-0.2, -0.15) is 18.3 Å². The smallest absolute Gasteiger partial charge is 0.377 e. The second-order valence-corrected chi connectivity index (χ2v) is 6.94. The summed E-state index contributed by atoms with van der Waals surface area (Å²) < 4.78 is 46.0. The molecule has 2 aromatic heterocycles. The van der Waals surface area contributed by atoms with Crippen molar-refractivity contribution in [1.29, 1.82) is 0 Å². The summed E-state index contributed by atoms with van der Waals surface area (Å²) in [5, 5.41) is 6.79. The number of aromatic nitrogens is 3. The lowest BCUT2D eigenvalue weighted by Crippen LogP contribution is -2.61. The quantitative estimate of drug-likeness (QED) is 0.904. The second kappa shape index (κ2) is 5.94. The minimum absolute atomic E-state index is 0.00482. The summed E-state index contributed by atoms with van der Waals surface area (Å²) in [5.41, 5.74) is -0.790. The number of nitrogens with one attached hydrogen (secondary N) is 1. The number of nitrogens with zero attached hydrogens (tertiary/aromatic N) is 3. The van der Waals surface area contributed by atoms with Gasteiger partial charge < -0.3 is 10.1 Å². The van der Waals surface area contributed by atoms with Gasteiger partial charge in [0.05, 0.1) is 6.10 Å². The molecule has 2 fully saturated rings. The highest BCUT2D eigenvalue weighted by Gasteiger charge is 2.53. The van der Waals surface area contributed by atoms with Crippen molar-refractivity contribution < 1.29 is 22.7 Å². The van der Waals surface area contributed by atoms with E-state index in [0.717, 1.165) is 18.9 Å². The molecule has 1 saturated heterocycles. The van der Waals surface area contributed by atoms with Crippen LogP contribution in [0, 0.1) is 18.8 Å². The summed E-state index contributed by atoms with van der Waals surface area (Å²) in [4.78, 5) is 16.6. The Morgan fingerprint density at radius 2 is 2.19 bits per heavy atom. The molecule has 1 amide bonds. The lowest BCUT2D eigenvalue weighted by Gasteiger charge is -2.47. The average molecular weight is 368 g/mol. The van der Waals surface area contributed by atoms with Gasteiger partial charge in [-0.15, -0.1) is 0 Å². The van der Waals surface area contributed by atoms with Crippen molar-refractivity contribution in [2.24, 2.45) is 11.8 Å². The van der Waals surface area contributed by atoms with Gasteiger partial charge in [0.25, 0.3) is 5.91 Å². The van der Waals surface area contributed by atoms with Gasteiger partial charge in [0.15, 0.2) is 11.3 Å². The van der Waals surface area contributed by atoms with E-state index >= 15 is 0 Å². The second-order valence-electron chi connectivity index (χ2n) is 6.94. The molecule has 0 unspecified atom stereocenters. The summed E-state index contributed by atoms with van der Waals surface area (Å²) in [6, 6.07) is 2.18. The normalized spacial score (nSPS) is 28.0. The highest BCUT2D eigenvalue weighted by Crippen LogP contribution is 2.45. The third-order valence-corrected chi connectivity index (χ3v) is 5.38. The number of carbonyl (C=O) groups excluding carboxylic acids is 1. The fourth-order valence-electron chi connectivity index (χ4n) is 4.17. The lowest BCUT2D eigenvalue weighted by atomic mass is 9.65. The molecular weight excluding hydrogens is 349 g/mol. The number of rotatable bonds is 3. The molecule has 4 rings (SSSR count). The fourth-order valence-corrected chi connectivity index (χ4v) is 4.17. The first-order chi connectivity index (χ1) is 12.3. The molecule has 2 aliphatic rings. The summed E-state index contributed by atoms with van der Waals surface area (Å²) in [5.74, 6) is 0.0247. The third-order valence-electron chi connectivity index (χ3n) is 5.38. The van der Waals surface area contributed by atoms with Crippen LogP contribution in [0.4, 0.5) is 13.2 Å². The zero-order valence-electron chi connectivity index (χ0n) is 14.4. The van der Waals surface area contributed by atoms with Crippen LogP contribution < -0.4 is 5.32 Å². The van der Waals surface area contributed by atoms with Crippen LogP contribution >= 0.6 is 0 Å². The Bertz CT molecular complexity index is 864. The van der Waals surface area contributed by atoms with Crippen molar-refractivity contribution in [1.82, 2.24) is 19.9 Å². The summed E-state index contributed by atoms with van der Waals surface area (Å²) >= 11 is 0.